The van der Waals surface area contributed by atoms with Gasteiger partial charge in [0.15, 0.2) is 0 Å². The fourth-order valence-corrected chi connectivity index (χ4v) is 4.52. The summed E-state index contributed by atoms with van der Waals surface area (Å²) in [6.45, 7) is 8.77. The third-order valence-electron chi connectivity index (χ3n) is 5.25. The molecule has 2 aromatic heterocycles. The van der Waals surface area contributed by atoms with Crippen molar-refractivity contribution in [2.45, 2.75) is 39.7 Å². The quantitative estimate of drug-likeness (QED) is 0.691. The van der Waals surface area contributed by atoms with Gasteiger partial charge in [0.1, 0.15) is 0 Å². The van der Waals surface area contributed by atoms with Gasteiger partial charge < -0.3 is 0 Å². The van der Waals surface area contributed by atoms with Crippen LogP contribution in [0, 0.1) is 13.8 Å². The number of pyridine rings is 1. The molecule has 1 aromatic carbocycles. The van der Waals surface area contributed by atoms with Crippen molar-refractivity contribution in [2.75, 3.05) is 13.1 Å². The topological polar surface area (TPSA) is 29.0 Å². The largest absolute Gasteiger partial charge is 0.296 e. The Morgan fingerprint density at radius 2 is 1.96 bits per heavy atom. The summed E-state index contributed by atoms with van der Waals surface area (Å²) in [6, 6.07) is 9.42. The number of hydrogen-bond acceptors (Lipinski definition) is 4. The van der Waals surface area contributed by atoms with Crippen LogP contribution in [0.5, 0.6) is 0 Å². The summed E-state index contributed by atoms with van der Waals surface area (Å²) in [5, 5.41) is 0. The molecule has 1 atom stereocenters. The maximum atomic E-state index is 4.66. The van der Waals surface area contributed by atoms with Crippen molar-refractivity contribution < 1.29 is 0 Å². The van der Waals surface area contributed by atoms with Crippen LogP contribution in [0.15, 0.2) is 29.8 Å². The highest BCUT2D eigenvalue weighted by atomic mass is 32.1. The van der Waals surface area contributed by atoms with Crippen LogP contribution < -0.4 is 0 Å². The van der Waals surface area contributed by atoms with E-state index in [2.05, 4.69) is 59.9 Å². The number of thiazole rings is 1. The zero-order chi connectivity index (χ0) is 16.7. The highest BCUT2D eigenvalue weighted by Crippen LogP contribution is 2.28. The van der Waals surface area contributed by atoms with Gasteiger partial charge in [-0.15, -0.1) is 11.3 Å². The molecule has 24 heavy (non-hydrogen) atoms. The lowest BCUT2D eigenvalue weighted by Gasteiger charge is -2.28. The molecule has 0 saturated carbocycles. The molecule has 0 amide bonds. The summed E-state index contributed by atoms with van der Waals surface area (Å²) in [5.74, 6) is 0. The standard InChI is InChI=1S/C20H23N3S/c1-13-10-17-6-8-23(9-7-18(17)14(2)22-13)15(3)16-4-5-20-19(11-16)21-12-24-20/h4-5,10-12,15H,6-9H2,1-3H3. The average Bonchev–Trinajstić information content (AvgIpc) is 2.93. The highest BCUT2D eigenvalue weighted by molar-refractivity contribution is 7.16. The fourth-order valence-electron chi connectivity index (χ4n) is 3.86. The summed E-state index contributed by atoms with van der Waals surface area (Å²) >= 11 is 1.71. The van der Waals surface area contributed by atoms with Crippen molar-refractivity contribution in [3.05, 3.63) is 57.9 Å². The van der Waals surface area contributed by atoms with E-state index in [1.165, 1.54) is 27.1 Å². The summed E-state index contributed by atoms with van der Waals surface area (Å²) < 4.78 is 1.27. The lowest BCUT2D eigenvalue weighted by molar-refractivity contribution is 0.221. The number of rotatable bonds is 2. The minimum absolute atomic E-state index is 0.416. The van der Waals surface area contributed by atoms with E-state index >= 15 is 0 Å². The van der Waals surface area contributed by atoms with Crippen LogP contribution in [0.3, 0.4) is 0 Å². The molecule has 0 N–H and O–H groups in total. The molecule has 124 valence electrons. The third kappa shape index (κ3) is 2.85. The molecule has 0 radical (unpaired) electrons. The summed E-state index contributed by atoms with van der Waals surface area (Å²) in [7, 11) is 0. The van der Waals surface area contributed by atoms with Crippen LogP contribution in [0.25, 0.3) is 10.2 Å². The summed E-state index contributed by atoms with van der Waals surface area (Å²) in [4.78, 5) is 11.7. The molecule has 3 aromatic rings. The van der Waals surface area contributed by atoms with Crippen LogP contribution in [-0.2, 0) is 12.8 Å². The number of aromatic nitrogens is 2. The first-order valence-corrected chi connectivity index (χ1v) is 9.53. The number of aryl methyl sites for hydroxylation is 2. The SMILES string of the molecule is Cc1cc2c(c(C)n1)CCN(C(C)c1ccc3scnc3c1)CC2. The van der Waals surface area contributed by atoms with Gasteiger partial charge >= 0.3 is 0 Å². The minimum Gasteiger partial charge on any atom is -0.296 e. The van der Waals surface area contributed by atoms with Gasteiger partial charge in [-0.05, 0) is 68.5 Å². The van der Waals surface area contributed by atoms with E-state index < -0.39 is 0 Å². The second-order valence-corrected chi connectivity index (χ2v) is 7.66. The molecule has 1 unspecified atom stereocenters. The van der Waals surface area contributed by atoms with Crippen LogP contribution in [-0.4, -0.2) is 28.0 Å². The van der Waals surface area contributed by atoms with Crippen LogP contribution in [0.1, 0.15) is 41.0 Å². The van der Waals surface area contributed by atoms with Gasteiger partial charge in [0.25, 0.3) is 0 Å². The van der Waals surface area contributed by atoms with E-state index in [4.69, 9.17) is 0 Å². The number of benzene rings is 1. The lowest BCUT2D eigenvalue weighted by atomic mass is 10.0. The van der Waals surface area contributed by atoms with E-state index in [0.29, 0.717) is 6.04 Å². The number of fused-ring (bicyclic) bond motifs is 2. The number of nitrogens with zero attached hydrogens (tertiary/aromatic N) is 3. The molecule has 3 nitrogen and oxygen atoms in total. The van der Waals surface area contributed by atoms with Crippen LogP contribution in [0.4, 0.5) is 0 Å². The molecule has 0 spiro atoms. The molecule has 1 aliphatic rings. The van der Waals surface area contributed by atoms with Crippen molar-refractivity contribution >= 4 is 21.6 Å². The van der Waals surface area contributed by atoms with E-state index in [-0.39, 0.29) is 0 Å². The molecule has 0 aliphatic carbocycles. The molecule has 1 aliphatic heterocycles. The predicted molar refractivity (Wildman–Crippen MR) is 101 cm³/mol. The average molecular weight is 337 g/mol. The third-order valence-corrected chi connectivity index (χ3v) is 6.06. The van der Waals surface area contributed by atoms with E-state index in [1.807, 2.05) is 5.51 Å². The lowest BCUT2D eigenvalue weighted by Crippen LogP contribution is -2.29. The second-order valence-electron chi connectivity index (χ2n) is 6.78. The van der Waals surface area contributed by atoms with Crippen molar-refractivity contribution in [3.8, 4) is 0 Å². The molecule has 3 heterocycles. The Balaban J connectivity index is 1.58. The zero-order valence-corrected chi connectivity index (χ0v) is 15.4. The maximum Gasteiger partial charge on any atom is 0.0815 e. The first-order chi connectivity index (χ1) is 11.6. The second kappa shape index (κ2) is 6.26. The number of hydrogen-bond donors (Lipinski definition) is 0. The summed E-state index contributed by atoms with van der Waals surface area (Å²) in [5.41, 5.74) is 9.73. The Kier molecular flexibility index (Phi) is 4.10. The normalized spacial score (nSPS) is 16.8. The van der Waals surface area contributed by atoms with Crippen LogP contribution in [0.2, 0.25) is 0 Å². The zero-order valence-electron chi connectivity index (χ0n) is 14.5. The monoisotopic (exact) mass is 337 g/mol. The predicted octanol–water partition coefficient (Wildman–Crippen LogP) is 4.47. The molecule has 4 heteroatoms. The molecule has 4 rings (SSSR count). The van der Waals surface area contributed by atoms with Gasteiger partial charge in [-0.2, -0.15) is 0 Å². The van der Waals surface area contributed by atoms with Gasteiger partial charge in [-0.3, -0.25) is 9.88 Å². The van der Waals surface area contributed by atoms with Gasteiger partial charge in [0.2, 0.25) is 0 Å². The van der Waals surface area contributed by atoms with Crippen molar-refractivity contribution in [2.24, 2.45) is 0 Å². The highest BCUT2D eigenvalue weighted by Gasteiger charge is 2.21. The van der Waals surface area contributed by atoms with Crippen molar-refractivity contribution in [3.63, 3.8) is 0 Å². The molecule has 0 bridgehead atoms. The van der Waals surface area contributed by atoms with Gasteiger partial charge in [-0.1, -0.05) is 6.07 Å². The Bertz CT molecular complexity index is 884. The van der Waals surface area contributed by atoms with Crippen molar-refractivity contribution in [1.29, 1.82) is 0 Å². The first-order valence-electron chi connectivity index (χ1n) is 8.65. The molecular formula is C20H23N3S. The molecule has 0 saturated heterocycles. The summed E-state index contributed by atoms with van der Waals surface area (Å²) in [6.07, 6.45) is 2.21. The Hall–Kier alpha value is -1.78. The molecular weight excluding hydrogens is 314 g/mol. The van der Waals surface area contributed by atoms with Gasteiger partial charge in [-0.25, -0.2) is 4.98 Å². The Morgan fingerprint density at radius 1 is 1.12 bits per heavy atom. The maximum absolute atomic E-state index is 4.66. The Labute approximate surface area is 147 Å². The van der Waals surface area contributed by atoms with E-state index in [9.17, 15) is 0 Å². The Morgan fingerprint density at radius 3 is 2.83 bits per heavy atom. The van der Waals surface area contributed by atoms with E-state index in [1.54, 1.807) is 11.3 Å². The van der Waals surface area contributed by atoms with Gasteiger partial charge in [0, 0.05) is 30.5 Å². The minimum atomic E-state index is 0.416. The van der Waals surface area contributed by atoms with Gasteiger partial charge in [0.05, 0.1) is 15.7 Å². The fraction of sp³-hybridized carbons (Fsp3) is 0.400. The molecule has 0 fully saturated rings. The van der Waals surface area contributed by atoms with Crippen molar-refractivity contribution in [1.82, 2.24) is 14.9 Å². The smallest absolute Gasteiger partial charge is 0.0815 e. The van der Waals surface area contributed by atoms with E-state index in [0.717, 1.165) is 37.1 Å². The first kappa shape index (κ1) is 15.7. The van der Waals surface area contributed by atoms with Crippen LogP contribution >= 0.6 is 11.3 Å².